The molecule has 86 heavy (non-hydrogen) atoms. The van der Waals surface area contributed by atoms with Crippen molar-refractivity contribution in [3.63, 3.8) is 0 Å². The van der Waals surface area contributed by atoms with Crippen molar-refractivity contribution in [2.75, 3.05) is 66.6 Å². The van der Waals surface area contributed by atoms with E-state index in [0.29, 0.717) is 24.0 Å². The minimum Gasteiger partial charge on any atom is -0.466 e. The summed E-state index contributed by atoms with van der Waals surface area (Å²) in [5.74, 6) is -6.91. The van der Waals surface area contributed by atoms with E-state index >= 15 is 0 Å². The van der Waals surface area contributed by atoms with Gasteiger partial charge in [-0.05, 0) is 116 Å². The maximum absolute atomic E-state index is 14.4. The number of nitrogens with zero attached hydrogens (tertiary/aromatic N) is 2. The first-order valence-corrected chi connectivity index (χ1v) is 27.6. The fourth-order valence-corrected chi connectivity index (χ4v) is 8.27. The number of amides is 6. The number of methoxy groups -OCH3 is 2. The number of halogens is 2. The smallest absolute Gasteiger partial charge is 0.466 e. The Labute approximate surface area is 496 Å². The zero-order chi connectivity index (χ0) is 62.1. The Morgan fingerprint density at radius 2 is 0.767 bits per heavy atom. The van der Waals surface area contributed by atoms with Crippen LogP contribution in [-0.4, -0.2) is 148 Å². The SMILES string of the molecule is COC(=O)[C@H](CCCCNC(=O)CN(CC(=O)NCCc1ccc(F)cc1)C(=O)c1cccc(C(=O)N(CC(=O)NCCCC[C@H](OC(=O)OCc2ccccc2)C(=O)OC)CC(=O)NCCc2ccc(F)cc2)c1)OC(=O)OCc1ccccc1. The van der Waals surface area contributed by atoms with E-state index in [0.717, 1.165) is 35.1 Å². The molecule has 0 radical (unpaired) electrons. The normalized spacial score (nSPS) is 11.3. The molecule has 0 heterocycles. The van der Waals surface area contributed by atoms with Crippen LogP contribution in [-0.2, 0) is 83.2 Å². The largest absolute Gasteiger partial charge is 0.509 e. The first kappa shape index (κ1) is 67.1. The molecule has 0 spiro atoms. The van der Waals surface area contributed by atoms with Crippen molar-refractivity contribution in [2.45, 2.75) is 76.8 Å². The van der Waals surface area contributed by atoms with Crippen LogP contribution in [0.4, 0.5) is 18.4 Å². The number of esters is 2. The van der Waals surface area contributed by atoms with E-state index in [1.54, 1.807) is 84.9 Å². The van der Waals surface area contributed by atoms with Gasteiger partial charge in [-0.25, -0.2) is 28.0 Å². The van der Waals surface area contributed by atoms with Gasteiger partial charge in [0.2, 0.25) is 35.8 Å². The number of unbranched alkanes of at least 4 members (excludes halogenated alkanes) is 2. The summed E-state index contributed by atoms with van der Waals surface area (Å²) in [7, 11) is 2.27. The Morgan fingerprint density at radius 3 is 1.12 bits per heavy atom. The lowest BCUT2D eigenvalue weighted by Gasteiger charge is -2.24. The lowest BCUT2D eigenvalue weighted by atomic mass is 10.1. The third-order valence-corrected chi connectivity index (χ3v) is 12.8. The summed E-state index contributed by atoms with van der Waals surface area (Å²) < 4.78 is 57.3. The first-order chi connectivity index (χ1) is 41.5. The van der Waals surface area contributed by atoms with E-state index in [4.69, 9.17) is 28.4 Å². The van der Waals surface area contributed by atoms with Crippen LogP contribution in [0, 0.1) is 11.6 Å². The highest BCUT2D eigenvalue weighted by molar-refractivity contribution is 6.03. The van der Waals surface area contributed by atoms with Gasteiger partial charge in [0.25, 0.3) is 11.8 Å². The fourth-order valence-electron chi connectivity index (χ4n) is 8.27. The van der Waals surface area contributed by atoms with Crippen molar-refractivity contribution in [1.29, 1.82) is 0 Å². The molecular formula is C62H70F2N6O16. The molecule has 22 nitrogen and oxygen atoms in total. The summed E-state index contributed by atoms with van der Waals surface area (Å²) in [6.45, 7) is -2.50. The van der Waals surface area contributed by atoms with Gasteiger partial charge in [0.1, 0.15) is 51.0 Å². The van der Waals surface area contributed by atoms with Crippen LogP contribution < -0.4 is 21.3 Å². The van der Waals surface area contributed by atoms with E-state index < -0.39 is 110 Å². The van der Waals surface area contributed by atoms with Crippen molar-refractivity contribution in [1.82, 2.24) is 31.1 Å². The Kier molecular flexibility index (Phi) is 28.7. The molecule has 2 atom stereocenters. The number of rotatable bonds is 34. The number of hydrogen-bond donors (Lipinski definition) is 4. The Bertz CT molecular complexity index is 2830. The molecule has 0 unspecified atom stereocenters. The second kappa shape index (κ2) is 36.8. The molecule has 5 rings (SSSR count). The third kappa shape index (κ3) is 25.0. The van der Waals surface area contributed by atoms with E-state index in [2.05, 4.69) is 21.3 Å². The van der Waals surface area contributed by atoms with Gasteiger partial charge in [0.15, 0.2) is 0 Å². The summed E-state index contributed by atoms with van der Waals surface area (Å²) in [4.78, 5) is 134. The van der Waals surface area contributed by atoms with Crippen molar-refractivity contribution in [2.24, 2.45) is 0 Å². The van der Waals surface area contributed by atoms with Crippen molar-refractivity contribution in [3.8, 4) is 0 Å². The molecule has 458 valence electrons. The summed E-state index contributed by atoms with van der Waals surface area (Å²) in [6.07, 6.45) is -3.07. The van der Waals surface area contributed by atoms with E-state index in [-0.39, 0.29) is 89.0 Å². The predicted octanol–water partition coefficient (Wildman–Crippen LogP) is 5.93. The van der Waals surface area contributed by atoms with E-state index in [1.807, 2.05) is 0 Å². The van der Waals surface area contributed by atoms with Gasteiger partial charge < -0.3 is 59.5 Å². The predicted molar refractivity (Wildman–Crippen MR) is 305 cm³/mol. The second-order valence-electron chi connectivity index (χ2n) is 19.4. The van der Waals surface area contributed by atoms with Crippen LogP contribution in [0.2, 0.25) is 0 Å². The molecule has 0 saturated heterocycles. The minimum absolute atomic E-state index is 0.0136. The van der Waals surface area contributed by atoms with Crippen LogP contribution in [0.5, 0.6) is 0 Å². The maximum Gasteiger partial charge on any atom is 0.509 e. The van der Waals surface area contributed by atoms with E-state index in [1.165, 1.54) is 48.5 Å². The number of hydrogen-bond acceptors (Lipinski definition) is 16. The fraction of sp³-hybridized carbons (Fsp3) is 0.355. The molecule has 24 heteroatoms. The van der Waals surface area contributed by atoms with Crippen molar-refractivity contribution < 1.29 is 85.1 Å². The van der Waals surface area contributed by atoms with Gasteiger partial charge in [-0.3, -0.25) is 28.8 Å². The molecule has 0 aliphatic rings. The third-order valence-electron chi connectivity index (χ3n) is 12.8. The van der Waals surface area contributed by atoms with Gasteiger partial charge >= 0.3 is 24.2 Å². The van der Waals surface area contributed by atoms with E-state index in [9.17, 15) is 56.7 Å². The van der Waals surface area contributed by atoms with Crippen LogP contribution >= 0.6 is 0 Å². The molecule has 0 aliphatic heterocycles. The van der Waals surface area contributed by atoms with Gasteiger partial charge in [-0.1, -0.05) is 91.0 Å². The number of carbonyl (C=O) groups excluding carboxylic acids is 10. The molecule has 6 amide bonds. The van der Waals surface area contributed by atoms with Crippen LogP contribution in [0.3, 0.4) is 0 Å². The van der Waals surface area contributed by atoms with Crippen LogP contribution in [0.1, 0.15) is 81.5 Å². The minimum atomic E-state index is -1.30. The highest BCUT2D eigenvalue weighted by Crippen LogP contribution is 2.15. The molecule has 0 bridgehead atoms. The number of ether oxygens (including phenoxy) is 6. The van der Waals surface area contributed by atoms with Gasteiger partial charge in [0.05, 0.1) is 14.2 Å². The molecule has 4 N–H and O–H groups in total. The van der Waals surface area contributed by atoms with Crippen molar-refractivity contribution in [3.05, 3.63) is 178 Å². The number of benzene rings is 5. The summed E-state index contributed by atoms with van der Waals surface area (Å²) in [6, 6.07) is 34.2. The van der Waals surface area contributed by atoms with Crippen molar-refractivity contribution >= 4 is 59.7 Å². The molecule has 5 aromatic rings. The first-order valence-electron chi connectivity index (χ1n) is 27.6. The lowest BCUT2D eigenvalue weighted by Crippen LogP contribution is -2.47. The second-order valence-corrected chi connectivity index (χ2v) is 19.4. The molecule has 0 fully saturated rings. The summed E-state index contributed by atoms with van der Waals surface area (Å²) in [5.41, 5.74) is 2.54. The average Bonchev–Trinajstić information content (AvgIpc) is 2.78. The molecule has 0 aromatic heterocycles. The average molecular weight is 1190 g/mol. The zero-order valence-electron chi connectivity index (χ0n) is 47.8. The molecule has 0 saturated carbocycles. The molecule has 5 aromatic carbocycles. The summed E-state index contributed by atoms with van der Waals surface area (Å²) in [5, 5.41) is 10.7. The maximum atomic E-state index is 14.4. The molecular weight excluding hydrogens is 1120 g/mol. The van der Waals surface area contributed by atoms with Crippen LogP contribution in [0.25, 0.3) is 0 Å². The Hall–Kier alpha value is -9.74. The highest BCUT2D eigenvalue weighted by atomic mass is 19.1. The Morgan fingerprint density at radius 1 is 0.419 bits per heavy atom. The summed E-state index contributed by atoms with van der Waals surface area (Å²) >= 11 is 0. The monoisotopic (exact) mass is 1190 g/mol. The lowest BCUT2D eigenvalue weighted by molar-refractivity contribution is -0.153. The van der Waals surface area contributed by atoms with Crippen LogP contribution in [0.15, 0.2) is 133 Å². The topological polar surface area (TPSA) is 281 Å². The van der Waals surface area contributed by atoms with Gasteiger partial charge in [-0.2, -0.15) is 0 Å². The number of nitrogens with one attached hydrogen (secondary N) is 4. The highest BCUT2D eigenvalue weighted by Gasteiger charge is 2.28. The zero-order valence-corrected chi connectivity index (χ0v) is 47.8. The quantitative estimate of drug-likeness (QED) is 0.0211. The van der Waals surface area contributed by atoms with Gasteiger partial charge in [0, 0.05) is 37.3 Å². The molecule has 0 aliphatic carbocycles. The number of carbonyl (C=O) groups is 10. The van der Waals surface area contributed by atoms with Gasteiger partial charge in [-0.15, -0.1) is 0 Å². The standard InChI is InChI=1S/C62H70F2N6O16/c1-81-59(77)51(85-61(79)83-41-45-14-5-3-6-15-45)20-9-11-32-65-53(71)37-69(39-55(73)67-34-30-43-22-26-49(63)27-23-43)57(75)47-18-13-19-48(36-47)58(76)70(40-56(74)68-35-31-44-24-28-50(64)29-25-44)38-54(72)66-33-12-10-21-52(60(78)82-2)86-62(80)84-42-46-16-7-4-8-17-46/h3-8,13-19,22-29,36,51-52H,9-12,20-21,30-35,37-42H2,1-2H3,(H,65,71)(H,66,72)(H,67,73)(H,68,74)/t51-,52-/m0/s1. The Balaban J connectivity index is 1.23.